The summed E-state index contributed by atoms with van der Waals surface area (Å²) in [4.78, 5) is 11.4. The largest absolute Gasteiger partial charge is 0.416 e. The Morgan fingerprint density at radius 3 is 2.28 bits per heavy atom. The van der Waals surface area contributed by atoms with E-state index < -0.39 is 35.1 Å². The summed E-state index contributed by atoms with van der Waals surface area (Å²) in [6.45, 7) is 0. The number of halogens is 6. The van der Waals surface area contributed by atoms with Gasteiger partial charge in [0.1, 0.15) is 0 Å². The number of alkyl halides is 6. The van der Waals surface area contributed by atoms with E-state index in [1.807, 2.05) is 0 Å². The summed E-state index contributed by atoms with van der Waals surface area (Å²) in [6.07, 6.45) is -8.05. The van der Waals surface area contributed by atoms with Crippen molar-refractivity contribution >= 4 is 17.4 Å². The molecule has 0 spiro atoms. The van der Waals surface area contributed by atoms with Crippen molar-refractivity contribution in [3.8, 4) is 0 Å². The van der Waals surface area contributed by atoms with Crippen LogP contribution in [0.4, 0.5) is 22.0 Å². The van der Waals surface area contributed by atoms with E-state index in [1.54, 1.807) is 0 Å². The second kappa shape index (κ2) is 5.65. The molecule has 100 valence electrons. The molecule has 0 heterocycles. The fourth-order valence-electron chi connectivity index (χ4n) is 1.33. The first-order valence-corrected chi connectivity index (χ1v) is 5.38. The van der Waals surface area contributed by atoms with Gasteiger partial charge in [0.2, 0.25) is 0 Å². The summed E-state index contributed by atoms with van der Waals surface area (Å²) in [7, 11) is 0. The lowest BCUT2D eigenvalue weighted by Gasteiger charge is -2.11. The molecule has 0 amide bonds. The van der Waals surface area contributed by atoms with Crippen LogP contribution in [0.15, 0.2) is 18.2 Å². The van der Waals surface area contributed by atoms with Crippen LogP contribution in [0.25, 0.3) is 0 Å². The quantitative estimate of drug-likeness (QED) is 0.454. The Morgan fingerprint density at radius 1 is 1.22 bits per heavy atom. The van der Waals surface area contributed by atoms with Crippen molar-refractivity contribution in [3.63, 3.8) is 0 Å². The van der Waals surface area contributed by atoms with Crippen molar-refractivity contribution in [2.75, 3.05) is 5.88 Å². The first kappa shape index (κ1) is 14.9. The lowest BCUT2D eigenvalue weighted by atomic mass is 10.0. The Kier molecular flexibility index (Phi) is 4.67. The van der Waals surface area contributed by atoms with Gasteiger partial charge in [-0.05, 0) is 18.2 Å². The highest BCUT2D eigenvalue weighted by atomic mass is 35.5. The second-order valence-corrected chi connectivity index (χ2v) is 3.88. The fraction of sp³-hybridized carbons (Fsp3) is 0.364. The van der Waals surface area contributed by atoms with Gasteiger partial charge >= 0.3 is 6.18 Å². The topological polar surface area (TPSA) is 17.1 Å². The molecule has 1 rings (SSSR count). The van der Waals surface area contributed by atoms with Crippen molar-refractivity contribution in [1.29, 1.82) is 0 Å². The third kappa shape index (κ3) is 3.66. The zero-order valence-corrected chi connectivity index (χ0v) is 9.66. The lowest BCUT2D eigenvalue weighted by Crippen LogP contribution is -2.09. The van der Waals surface area contributed by atoms with Crippen LogP contribution in [-0.2, 0) is 6.18 Å². The standard InChI is InChI=1S/C11H8ClF5O/c12-2-1-9(18)6-3-7(10(13)14)5-8(4-6)11(15,16)17/h3-5,10H,1-2H2. The van der Waals surface area contributed by atoms with Crippen LogP contribution in [0.5, 0.6) is 0 Å². The summed E-state index contributed by atoms with van der Waals surface area (Å²) in [5, 5.41) is 0. The van der Waals surface area contributed by atoms with Crippen molar-refractivity contribution in [2.45, 2.75) is 19.0 Å². The highest BCUT2D eigenvalue weighted by molar-refractivity contribution is 6.19. The molecule has 1 nitrogen and oxygen atoms in total. The Bertz CT molecular complexity index is 442. The van der Waals surface area contributed by atoms with Crippen molar-refractivity contribution in [2.24, 2.45) is 0 Å². The normalized spacial score (nSPS) is 11.9. The minimum Gasteiger partial charge on any atom is -0.294 e. The van der Waals surface area contributed by atoms with Crippen molar-refractivity contribution in [1.82, 2.24) is 0 Å². The van der Waals surface area contributed by atoms with Crippen LogP contribution in [0.3, 0.4) is 0 Å². The van der Waals surface area contributed by atoms with Gasteiger partial charge in [0.15, 0.2) is 5.78 Å². The van der Waals surface area contributed by atoms with Crippen LogP contribution >= 0.6 is 11.6 Å². The van der Waals surface area contributed by atoms with Crippen LogP contribution in [0.2, 0.25) is 0 Å². The molecule has 0 aliphatic heterocycles. The number of carbonyl (C=O) groups excluding carboxylic acids is 1. The Labute approximate surface area is 105 Å². The van der Waals surface area contributed by atoms with E-state index in [0.29, 0.717) is 12.1 Å². The van der Waals surface area contributed by atoms with E-state index >= 15 is 0 Å². The zero-order chi connectivity index (χ0) is 13.9. The van der Waals surface area contributed by atoms with Gasteiger partial charge in [-0.3, -0.25) is 4.79 Å². The number of ketones is 1. The molecule has 0 fully saturated rings. The van der Waals surface area contributed by atoms with Crippen LogP contribution in [0.1, 0.15) is 34.3 Å². The Balaban J connectivity index is 3.27. The molecule has 1 aromatic rings. The molecule has 0 aromatic heterocycles. The third-order valence-electron chi connectivity index (χ3n) is 2.18. The van der Waals surface area contributed by atoms with Crippen LogP contribution in [0, 0.1) is 0 Å². The molecule has 18 heavy (non-hydrogen) atoms. The number of carbonyl (C=O) groups is 1. The average molecular weight is 287 g/mol. The maximum absolute atomic E-state index is 12.5. The maximum atomic E-state index is 12.5. The minimum atomic E-state index is -4.78. The fourth-order valence-corrected chi connectivity index (χ4v) is 1.50. The van der Waals surface area contributed by atoms with Gasteiger partial charge in [-0.25, -0.2) is 8.78 Å². The summed E-state index contributed by atoms with van der Waals surface area (Å²) >= 11 is 5.29. The molecule has 0 N–H and O–H groups in total. The number of hydrogen-bond acceptors (Lipinski definition) is 1. The SMILES string of the molecule is O=C(CCCl)c1cc(C(F)F)cc(C(F)(F)F)c1. The van der Waals surface area contributed by atoms with Crippen molar-refractivity contribution in [3.05, 3.63) is 34.9 Å². The first-order valence-electron chi connectivity index (χ1n) is 4.85. The molecule has 0 aliphatic carbocycles. The monoisotopic (exact) mass is 286 g/mol. The molecule has 0 aliphatic rings. The van der Waals surface area contributed by atoms with Gasteiger partial charge < -0.3 is 0 Å². The first-order chi connectivity index (χ1) is 8.25. The van der Waals surface area contributed by atoms with Crippen molar-refractivity contribution < 1.29 is 26.7 Å². The lowest BCUT2D eigenvalue weighted by molar-refractivity contribution is -0.137. The Morgan fingerprint density at radius 2 is 1.83 bits per heavy atom. The minimum absolute atomic E-state index is 0.0842. The second-order valence-electron chi connectivity index (χ2n) is 3.50. The number of benzene rings is 1. The van der Waals surface area contributed by atoms with E-state index in [-0.39, 0.29) is 12.3 Å². The number of rotatable bonds is 4. The molecular formula is C11H8ClF5O. The number of hydrogen-bond donors (Lipinski definition) is 0. The summed E-state index contributed by atoms with van der Waals surface area (Å²) in [5.41, 5.74) is -2.50. The van der Waals surface area contributed by atoms with Gasteiger partial charge in [0.25, 0.3) is 6.43 Å². The maximum Gasteiger partial charge on any atom is 0.416 e. The highest BCUT2D eigenvalue weighted by Gasteiger charge is 2.32. The smallest absolute Gasteiger partial charge is 0.294 e. The van der Waals surface area contributed by atoms with E-state index in [4.69, 9.17) is 11.6 Å². The van der Waals surface area contributed by atoms with Crippen LogP contribution < -0.4 is 0 Å². The molecule has 0 unspecified atom stereocenters. The summed E-state index contributed by atoms with van der Waals surface area (Å²) in [6, 6.07) is 1.65. The molecule has 0 saturated carbocycles. The van der Waals surface area contributed by atoms with Crippen LogP contribution in [-0.4, -0.2) is 11.7 Å². The van der Waals surface area contributed by atoms with Gasteiger partial charge in [-0.2, -0.15) is 13.2 Å². The predicted molar refractivity (Wildman–Crippen MR) is 56.1 cm³/mol. The van der Waals surface area contributed by atoms with Gasteiger partial charge in [0, 0.05) is 23.4 Å². The molecule has 0 atom stereocenters. The number of Topliss-reactive ketones (excluding diaryl/α,β-unsaturated/α-hetero) is 1. The third-order valence-corrected chi connectivity index (χ3v) is 2.37. The van der Waals surface area contributed by atoms with Gasteiger partial charge in [-0.1, -0.05) is 0 Å². The molecule has 0 saturated heterocycles. The summed E-state index contributed by atoms with van der Waals surface area (Å²) in [5.74, 6) is -0.781. The molecular weight excluding hydrogens is 279 g/mol. The zero-order valence-electron chi connectivity index (χ0n) is 8.90. The predicted octanol–water partition coefficient (Wildman–Crippen LogP) is 4.45. The molecule has 0 bridgehead atoms. The van der Waals surface area contributed by atoms with E-state index in [1.165, 1.54) is 0 Å². The van der Waals surface area contributed by atoms with Gasteiger partial charge in [-0.15, -0.1) is 11.6 Å². The highest BCUT2D eigenvalue weighted by Crippen LogP contribution is 2.33. The summed E-state index contributed by atoms with van der Waals surface area (Å²) < 4.78 is 62.4. The van der Waals surface area contributed by atoms with E-state index in [0.717, 1.165) is 6.07 Å². The average Bonchev–Trinajstić information content (AvgIpc) is 2.27. The van der Waals surface area contributed by atoms with E-state index in [2.05, 4.69) is 0 Å². The van der Waals surface area contributed by atoms with E-state index in [9.17, 15) is 26.7 Å². The van der Waals surface area contributed by atoms with Gasteiger partial charge in [0.05, 0.1) is 5.56 Å². The Hall–Kier alpha value is -1.17. The molecule has 1 aromatic carbocycles. The molecule has 0 radical (unpaired) electrons. The molecule has 7 heteroatoms.